The Hall–Kier alpha value is -1.73. The monoisotopic (exact) mass is 370 g/mol. The zero-order valence-corrected chi connectivity index (χ0v) is 15.9. The average Bonchev–Trinajstić information content (AvgIpc) is 3.16. The summed E-state index contributed by atoms with van der Waals surface area (Å²) in [4.78, 5) is 5.16. The summed E-state index contributed by atoms with van der Waals surface area (Å²) in [5.41, 5.74) is 3.16. The topological polar surface area (TPSA) is 64.8 Å². The van der Waals surface area contributed by atoms with E-state index in [0.29, 0.717) is 11.7 Å². The van der Waals surface area contributed by atoms with Crippen molar-refractivity contribution in [2.24, 2.45) is 0 Å². The van der Waals surface area contributed by atoms with Gasteiger partial charge in [-0.1, -0.05) is 30.3 Å². The predicted molar refractivity (Wildman–Crippen MR) is 104 cm³/mol. The first kappa shape index (κ1) is 18.6. The molecule has 0 radical (unpaired) electrons. The van der Waals surface area contributed by atoms with Crippen molar-refractivity contribution in [2.75, 3.05) is 32.8 Å². The third-order valence-electron chi connectivity index (χ3n) is 5.99. The van der Waals surface area contributed by atoms with Crippen molar-refractivity contribution in [2.45, 2.75) is 44.5 Å². The molecule has 4 rings (SSSR count). The molecule has 1 fully saturated rings. The molecule has 0 aliphatic carbocycles. The van der Waals surface area contributed by atoms with Gasteiger partial charge in [0.05, 0.1) is 24.5 Å². The number of fused-ring (bicyclic) bond motifs is 1. The Morgan fingerprint density at radius 2 is 1.85 bits per heavy atom. The molecule has 0 unspecified atom stereocenters. The molecule has 2 aliphatic rings. The van der Waals surface area contributed by atoms with E-state index in [2.05, 4.69) is 45.2 Å². The highest BCUT2D eigenvalue weighted by atomic mass is 16.3. The maximum atomic E-state index is 9.81. The van der Waals surface area contributed by atoms with Gasteiger partial charge in [0.15, 0.2) is 0 Å². The molecule has 2 aromatic rings. The van der Waals surface area contributed by atoms with Crippen molar-refractivity contribution < 1.29 is 10.2 Å². The lowest BCUT2D eigenvalue weighted by Gasteiger charge is -2.40. The second kappa shape index (κ2) is 8.52. The molecule has 0 saturated carbocycles. The molecule has 6 nitrogen and oxygen atoms in total. The second-order valence-corrected chi connectivity index (χ2v) is 7.76. The van der Waals surface area contributed by atoms with Crippen LogP contribution in [-0.4, -0.2) is 68.6 Å². The Labute approximate surface area is 161 Å². The summed E-state index contributed by atoms with van der Waals surface area (Å²) in [5, 5.41) is 23.4. The van der Waals surface area contributed by atoms with Crippen molar-refractivity contribution in [1.82, 2.24) is 19.6 Å². The minimum absolute atomic E-state index is 0.276. The Kier molecular flexibility index (Phi) is 5.88. The van der Waals surface area contributed by atoms with E-state index in [1.165, 1.54) is 31.5 Å². The van der Waals surface area contributed by atoms with Crippen LogP contribution in [0.3, 0.4) is 0 Å². The number of aliphatic hydroxyl groups excluding tert-OH is 2. The summed E-state index contributed by atoms with van der Waals surface area (Å²) in [6.07, 6.45) is 2.69. The molecule has 27 heavy (non-hydrogen) atoms. The molecule has 146 valence electrons. The van der Waals surface area contributed by atoms with Crippen LogP contribution in [0.4, 0.5) is 0 Å². The maximum Gasteiger partial charge on any atom is 0.121 e. The molecule has 1 aromatic heterocycles. The summed E-state index contributed by atoms with van der Waals surface area (Å²) in [6, 6.07) is 13.3. The lowest BCUT2D eigenvalue weighted by Crippen LogP contribution is -2.47. The Bertz CT molecular complexity index is 725. The van der Waals surface area contributed by atoms with Gasteiger partial charge in [-0.25, -0.2) is 0 Å². The van der Waals surface area contributed by atoms with Crippen molar-refractivity contribution >= 4 is 0 Å². The van der Waals surface area contributed by atoms with E-state index in [1.807, 2.05) is 10.7 Å². The molecule has 2 aliphatic heterocycles. The highest BCUT2D eigenvalue weighted by molar-refractivity contribution is 5.15. The number of rotatable bonds is 6. The van der Waals surface area contributed by atoms with E-state index in [9.17, 15) is 5.11 Å². The van der Waals surface area contributed by atoms with E-state index in [4.69, 9.17) is 5.11 Å². The Morgan fingerprint density at radius 1 is 1.07 bits per heavy atom. The van der Waals surface area contributed by atoms with Crippen LogP contribution in [0.15, 0.2) is 36.4 Å². The zero-order chi connectivity index (χ0) is 18.6. The molecular weight excluding hydrogens is 340 g/mol. The quantitative estimate of drug-likeness (QED) is 0.805. The number of hydrogen-bond donors (Lipinski definition) is 2. The Balaban J connectivity index is 1.27. The van der Waals surface area contributed by atoms with E-state index in [0.717, 1.165) is 38.3 Å². The van der Waals surface area contributed by atoms with Gasteiger partial charge in [0.25, 0.3) is 0 Å². The van der Waals surface area contributed by atoms with Crippen LogP contribution in [0.25, 0.3) is 0 Å². The van der Waals surface area contributed by atoms with Crippen molar-refractivity contribution in [3.05, 3.63) is 53.3 Å². The first-order valence-electron chi connectivity index (χ1n) is 10.1. The molecule has 0 bridgehead atoms. The van der Waals surface area contributed by atoms with Gasteiger partial charge in [0.1, 0.15) is 6.10 Å². The Morgan fingerprint density at radius 3 is 2.59 bits per heavy atom. The van der Waals surface area contributed by atoms with Crippen LogP contribution < -0.4 is 0 Å². The lowest BCUT2D eigenvalue weighted by molar-refractivity contribution is 0.0837. The van der Waals surface area contributed by atoms with Crippen molar-refractivity contribution in [3.8, 4) is 0 Å². The summed E-state index contributed by atoms with van der Waals surface area (Å²) in [7, 11) is 0. The van der Waals surface area contributed by atoms with Gasteiger partial charge in [-0.15, -0.1) is 0 Å². The predicted octanol–water partition coefficient (Wildman–Crippen LogP) is 1.43. The standard InChI is InChI=1S/C21H30N4O2/c26-16-21(27)20-14-19-15-24(12-13-25(19)22-20)18-7-10-23(11-8-18)9-6-17-4-2-1-3-5-17/h1-5,14,18,21,26-27H,6-13,15-16H2/t21-/m1/s1. The van der Waals surface area contributed by atoms with E-state index in [1.54, 1.807) is 0 Å². The highest BCUT2D eigenvalue weighted by Crippen LogP contribution is 2.24. The van der Waals surface area contributed by atoms with Crippen molar-refractivity contribution in [1.29, 1.82) is 0 Å². The number of hydrogen-bond acceptors (Lipinski definition) is 5. The van der Waals surface area contributed by atoms with Gasteiger partial charge in [-0.05, 0) is 44.0 Å². The molecule has 1 atom stereocenters. The van der Waals surface area contributed by atoms with E-state index >= 15 is 0 Å². The number of likely N-dealkylation sites (tertiary alicyclic amines) is 1. The third kappa shape index (κ3) is 4.41. The van der Waals surface area contributed by atoms with Gasteiger partial charge in [-0.2, -0.15) is 5.10 Å². The molecule has 0 spiro atoms. The average molecular weight is 370 g/mol. The van der Waals surface area contributed by atoms with Gasteiger partial charge < -0.3 is 15.1 Å². The fourth-order valence-electron chi connectivity index (χ4n) is 4.32. The van der Waals surface area contributed by atoms with Gasteiger partial charge in [0.2, 0.25) is 0 Å². The maximum absolute atomic E-state index is 9.81. The fourth-order valence-corrected chi connectivity index (χ4v) is 4.32. The largest absolute Gasteiger partial charge is 0.393 e. The van der Waals surface area contributed by atoms with Gasteiger partial charge in [-0.3, -0.25) is 9.58 Å². The summed E-state index contributed by atoms with van der Waals surface area (Å²) in [5.74, 6) is 0. The number of nitrogens with zero attached hydrogens (tertiary/aromatic N) is 4. The summed E-state index contributed by atoms with van der Waals surface area (Å²) < 4.78 is 1.99. The first-order chi connectivity index (χ1) is 13.2. The molecular formula is C21H30N4O2. The van der Waals surface area contributed by atoms with Crippen LogP contribution in [0.1, 0.15) is 35.9 Å². The lowest BCUT2D eigenvalue weighted by atomic mass is 10.0. The van der Waals surface area contributed by atoms with Crippen LogP contribution >= 0.6 is 0 Å². The van der Waals surface area contributed by atoms with Gasteiger partial charge in [0, 0.05) is 25.7 Å². The molecule has 0 amide bonds. The normalized spacial score (nSPS) is 20.5. The molecule has 1 saturated heterocycles. The number of piperidine rings is 1. The summed E-state index contributed by atoms with van der Waals surface area (Å²) >= 11 is 0. The third-order valence-corrected chi connectivity index (χ3v) is 5.99. The minimum atomic E-state index is -0.871. The van der Waals surface area contributed by atoms with E-state index < -0.39 is 6.10 Å². The molecule has 1 aromatic carbocycles. The van der Waals surface area contributed by atoms with Crippen LogP contribution in [0.5, 0.6) is 0 Å². The van der Waals surface area contributed by atoms with E-state index in [-0.39, 0.29) is 6.61 Å². The minimum Gasteiger partial charge on any atom is -0.393 e. The number of benzene rings is 1. The molecule has 2 N–H and O–H groups in total. The van der Waals surface area contributed by atoms with Crippen LogP contribution in [-0.2, 0) is 19.5 Å². The second-order valence-electron chi connectivity index (χ2n) is 7.76. The van der Waals surface area contributed by atoms with Crippen molar-refractivity contribution in [3.63, 3.8) is 0 Å². The summed E-state index contributed by atoms with van der Waals surface area (Å²) in [6.45, 7) is 5.97. The molecule has 6 heteroatoms. The zero-order valence-electron chi connectivity index (χ0n) is 15.9. The van der Waals surface area contributed by atoms with Crippen LogP contribution in [0.2, 0.25) is 0 Å². The van der Waals surface area contributed by atoms with Crippen LogP contribution in [0, 0.1) is 0 Å². The SMILES string of the molecule is OC[C@@H](O)c1cc2n(n1)CCN(C1CCN(CCc3ccccc3)CC1)C2. The fraction of sp³-hybridized carbons (Fsp3) is 0.571. The first-order valence-corrected chi connectivity index (χ1v) is 10.1. The van der Waals surface area contributed by atoms with Gasteiger partial charge >= 0.3 is 0 Å². The highest BCUT2D eigenvalue weighted by Gasteiger charge is 2.28. The number of aromatic nitrogens is 2. The number of aliphatic hydroxyl groups is 2. The molecule has 3 heterocycles. The smallest absolute Gasteiger partial charge is 0.121 e.